The summed E-state index contributed by atoms with van der Waals surface area (Å²) >= 11 is 0. The van der Waals surface area contributed by atoms with Gasteiger partial charge in [-0.1, -0.05) is 24.3 Å². The zero-order valence-electron chi connectivity index (χ0n) is 17.2. The molecule has 0 fully saturated rings. The fourth-order valence-electron chi connectivity index (χ4n) is 3.19. The van der Waals surface area contributed by atoms with Crippen molar-refractivity contribution in [2.45, 2.75) is 20.3 Å². The molecule has 29 heavy (non-hydrogen) atoms. The number of hydrogen-bond donors (Lipinski definition) is 1. The van der Waals surface area contributed by atoms with Gasteiger partial charge in [0.15, 0.2) is 0 Å². The number of nitrogens with zero attached hydrogens (tertiary/aromatic N) is 2. The van der Waals surface area contributed by atoms with Gasteiger partial charge in [-0.05, 0) is 67.8 Å². The third-order valence-electron chi connectivity index (χ3n) is 4.77. The Hall–Kier alpha value is -3.34. The number of pyridine rings is 1. The van der Waals surface area contributed by atoms with Gasteiger partial charge in [-0.15, -0.1) is 0 Å². The molecule has 0 aliphatic carbocycles. The molecule has 5 heteroatoms. The summed E-state index contributed by atoms with van der Waals surface area (Å²) in [7, 11) is 1.65. The smallest absolute Gasteiger partial charge is 0.251 e. The monoisotopic (exact) mass is 389 g/mol. The molecular formula is C24H27N3O2. The van der Waals surface area contributed by atoms with Gasteiger partial charge in [0, 0.05) is 30.5 Å². The van der Waals surface area contributed by atoms with Crippen LogP contribution in [0.4, 0.5) is 11.5 Å². The zero-order valence-corrected chi connectivity index (χ0v) is 17.2. The van der Waals surface area contributed by atoms with Crippen molar-refractivity contribution in [3.63, 3.8) is 0 Å². The Labute approximate surface area is 172 Å². The van der Waals surface area contributed by atoms with Crippen LogP contribution in [-0.2, 0) is 6.42 Å². The minimum Gasteiger partial charge on any atom is -0.497 e. The summed E-state index contributed by atoms with van der Waals surface area (Å²) in [5.74, 6) is 1.50. The second-order valence-electron chi connectivity index (χ2n) is 6.84. The number of aromatic nitrogens is 1. The predicted octanol–water partition coefficient (Wildman–Crippen LogP) is 4.53. The van der Waals surface area contributed by atoms with Gasteiger partial charge in [0.1, 0.15) is 11.6 Å². The van der Waals surface area contributed by atoms with E-state index in [4.69, 9.17) is 4.74 Å². The Bertz CT molecular complexity index is 954. The van der Waals surface area contributed by atoms with E-state index >= 15 is 0 Å². The van der Waals surface area contributed by atoms with E-state index in [1.54, 1.807) is 19.4 Å². The van der Waals surface area contributed by atoms with E-state index in [0.29, 0.717) is 12.1 Å². The molecule has 0 spiro atoms. The molecule has 0 radical (unpaired) electrons. The molecule has 1 aromatic heterocycles. The van der Waals surface area contributed by atoms with Crippen LogP contribution in [0.5, 0.6) is 5.75 Å². The molecule has 150 valence electrons. The van der Waals surface area contributed by atoms with Crippen LogP contribution in [0.2, 0.25) is 0 Å². The van der Waals surface area contributed by atoms with Gasteiger partial charge in [-0.2, -0.15) is 0 Å². The number of carbonyl (C=O) groups is 1. The molecule has 0 aliphatic heterocycles. The summed E-state index contributed by atoms with van der Waals surface area (Å²) in [5.41, 5.74) is 4.01. The third-order valence-corrected chi connectivity index (χ3v) is 4.77. The molecule has 2 aromatic carbocycles. The lowest BCUT2D eigenvalue weighted by atomic mass is 10.1. The molecule has 0 aliphatic rings. The molecule has 0 saturated heterocycles. The normalized spacial score (nSPS) is 10.4. The van der Waals surface area contributed by atoms with E-state index in [1.807, 2.05) is 36.4 Å². The molecule has 1 heterocycles. The summed E-state index contributed by atoms with van der Waals surface area (Å²) < 4.78 is 5.17. The summed E-state index contributed by atoms with van der Waals surface area (Å²) in [6.45, 7) is 5.47. The van der Waals surface area contributed by atoms with Crippen LogP contribution >= 0.6 is 0 Å². The fraction of sp³-hybridized carbons (Fsp3) is 0.250. The van der Waals surface area contributed by atoms with Gasteiger partial charge in [0.25, 0.3) is 5.91 Å². The Kier molecular flexibility index (Phi) is 6.85. The van der Waals surface area contributed by atoms with Gasteiger partial charge in [0.2, 0.25) is 0 Å². The van der Waals surface area contributed by atoms with Crippen LogP contribution in [0.1, 0.15) is 28.4 Å². The van der Waals surface area contributed by atoms with Crippen molar-refractivity contribution in [1.29, 1.82) is 0 Å². The second-order valence-corrected chi connectivity index (χ2v) is 6.84. The molecule has 3 aromatic rings. The summed E-state index contributed by atoms with van der Waals surface area (Å²) in [4.78, 5) is 19.2. The Balaban J connectivity index is 1.65. The van der Waals surface area contributed by atoms with Crippen molar-refractivity contribution >= 4 is 17.4 Å². The molecule has 0 atom stereocenters. The van der Waals surface area contributed by atoms with Crippen LogP contribution in [0.25, 0.3) is 0 Å². The lowest BCUT2D eigenvalue weighted by Gasteiger charge is -2.23. The summed E-state index contributed by atoms with van der Waals surface area (Å²) in [5, 5.41) is 2.99. The van der Waals surface area contributed by atoms with E-state index in [2.05, 4.69) is 47.2 Å². The quantitative estimate of drug-likeness (QED) is 0.615. The topological polar surface area (TPSA) is 54.5 Å². The van der Waals surface area contributed by atoms with E-state index in [9.17, 15) is 4.79 Å². The van der Waals surface area contributed by atoms with E-state index < -0.39 is 0 Å². The van der Waals surface area contributed by atoms with Crippen LogP contribution in [0, 0.1) is 6.92 Å². The van der Waals surface area contributed by atoms with Gasteiger partial charge < -0.3 is 15.0 Å². The number of benzene rings is 2. The number of nitrogens with one attached hydrogen (secondary N) is 1. The summed E-state index contributed by atoms with van der Waals surface area (Å²) in [6.07, 6.45) is 2.45. The first kappa shape index (κ1) is 20.4. The fourth-order valence-corrected chi connectivity index (χ4v) is 3.19. The number of hydrogen-bond acceptors (Lipinski definition) is 4. The number of methoxy groups -OCH3 is 1. The minimum atomic E-state index is -0.0949. The number of carbonyl (C=O) groups excluding carboxylic acids is 1. The van der Waals surface area contributed by atoms with Crippen molar-refractivity contribution in [1.82, 2.24) is 10.3 Å². The molecule has 5 nitrogen and oxygen atoms in total. The lowest BCUT2D eigenvalue weighted by Crippen LogP contribution is -2.26. The van der Waals surface area contributed by atoms with Crippen LogP contribution in [0.3, 0.4) is 0 Å². The number of amides is 1. The van der Waals surface area contributed by atoms with Gasteiger partial charge in [-0.25, -0.2) is 4.98 Å². The van der Waals surface area contributed by atoms with E-state index in [1.165, 1.54) is 5.56 Å². The van der Waals surface area contributed by atoms with Crippen molar-refractivity contribution in [2.24, 2.45) is 0 Å². The summed E-state index contributed by atoms with van der Waals surface area (Å²) in [6, 6.07) is 19.7. The molecule has 0 unspecified atom stereocenters. The largest absolute Gasteiger partial charge is 0.497 e. The minimum absolute atomic E-state index is 0.0949. The highest BCUT2D eigenvalue weighted by molar-refractivity contribution is 5.95. The second kappa shape index (κ2) is 9.73. The number of anilines is 2. The van der Waals surface area contributed by atoms with Crippen molar-refractivity contribution < 1.29 is 9.53 Å². The van der Waals surface area contributed by atoms with Crippen molar-refractivity contribution in [2.75, 3.05) is 25.1 Å². The van der Waals surface area contributed by atoms with Gasteiger partial charge in [-0.3, -0.25) is 4.79 Å². The van der Waals surface area contributed by atoms with E-state index in [0.717, 1.165) is 35.8 Å². The molecule has 1 N–H and O–H groups in total. The molecule has 3 rings (SSSR count). The Morgan fingerprint density at radius 2 is 1.90 bits per heavy atom. The SMILES string of the molecule is CCN(c1cccc(C)c1)c1cc(C(=O)NCCc2ccc(OC)cc2)ccn1. The number of aryl methyl sites for hydroxylation is 1. The molecular weight excluding hydrogens is 362 g/mol. The maximum Gasteiger partial charge on any atom is 0.251 e. The molecule has 1 amide bonds. The third kappa shape index (κ3) is 5.35. The maximum atomic E-state index is 12.6. The average molecular weight is 389 g/mol. The highest BCUT2D eigenvalue weighted by atomic mass is 16.5. The average Bonchev–Trinajstić information content (AvgIpc) is 2.75. The Morgan fingerprint density at radius 1 is 1.10 bits per heavy atom. The van der Waals surface area contributed by atoms with Crippen LogP contribution in [-0.4, -0.2) is 31.1 Å². The van der Waals surface area contributed by atoms with Crippen LogP contribution in [0.15, 0.2) is 66.9 Å². The molecule has 0 bridgehead atoms. The predicted molar refractivity (Wildman–Crippen MR) is 117 cm³/mol. The highest BCUT2D eigenvalue weighted by Gasteiger charge is 2.12. The van der Waals surface area contributed by atoms with Crippen molar-refractivity contribution in [3.05, 3.63) is 83.6 Å². The first-order valence-corrected chi connectivity index (χ1v) is 9.82. The Morgan fingerprint density at radius 3 is 2.59 bits per heavy atom. The maximum absolute atomic E-state index is 12.6. The molecule has 0 saturated carbocycles. The standard InChI is InChI=1S/C24H27N3O2/c1-4-27(21-7-5-6-18(2)16-21)23-17-20(13-15-25-23)24(28)26-14-12-19-8-10-22(29-3)11-9-19/h5-11,13,15-17H,4,12,14H2,1-3H3,(H,26,28). The zero-order chi connectivity index (χ0) is 20.6. The first-order chi connectivity index (χ1) is 14.1. The number of rotatable bonds is 8. The highest BCUT2D eigenvalue weighted by Crippen LogP contribution is 2.24. The lowest BCUT2D eigenvalue weighted by molar-refractivity contribution is 0.0954. The number of ether oxygens (including phenoxy) is 1. The van der Waals surface area contributed by atoms with Gasteiger partial charge >= 0.3 is 0 Å². The van der Waals surface area contributed by atoms with Gasteiger partial charge in [0.05, 0.1) is 7.11 Å². The van der Waals surface area contributed by atoms with Crippen molar-refractivity contribution in [3.8, 4) is 5.75 Å². The van der Waals surface area contributed by atoms with E-state index in [-0.39, 0.29) is 5.91 Å². The van der Waals surface area contributed by atoms with Crippen LogP contribution < -0.4 is 15.0 Å². The first-order valence-electron chi connectivity index (χ1n) is 9.82.